The van der Waals surface area contributed by atoms with Gasteiger partial charge in [0.25, 0.3) is 0 Å². The Morgan fingerprint density at radius 2 is 2.00 bits per heavy atom. The van der Waals surface area contributed by atoms with Crippen LogP contribution in [0, 0.1) is 0 Å². The molecule has 1 atom stereocenters. The standard InChI is InChI=1S/C18H13NO2S/c1-22-16-9-8-12-5-2-3-6-13(12)18(16)19-17(22)11-14(20)15-7-4-10-21-15/h2-11H,1H3/p+1. The SMILES string of the molecule is C[S+]1C(=CC(=O)c2ccco2)Nc2c1ccc1ccccc21. The van der Waals surface area contributed by atoms with Crippen molar-refractivity contribution < 1.29 is 9.21 Å². The predicted molar refractivity (Wildman–Crippen MR) is 90.2 cm³/mol. The number of carbonyl (C=O) groups excluding carboxylic acids is 1. The summed E-state index contributed by atoms with van der Waals surface area (Å²) in [4.78, 5) is 13.5. The molecule has 2 heterocycles. The molecule has 0 spiro atoms. The first-order chi connectivity index (χ1) is 10.7. The van der Waals surface area contributed by atoms with E-state index in [2.05, 4.69) is 35.8 Å². The van der Waals surface area contributed by atoms with Crippen molar-refractivity contribution in [3.63, 3.8) is 0 Å². The van der Waals surface area contributed by atoms with Crippen LogP contribution in [0.25, 0.3) is 10.8 Å². The minimum absolute atomic E-state index is 0.107. The zero-order chi connectivity index (χ0) is 15.1. The Labute approximate surface area is 131 Å². The van der Waals surface area contributed by atoms with Crippen LogP contribution >= 0.6 is 0 Å². The normalized spacial score (nSPS) is 18.4. The molecule has 108 valence electrons. The third-order valence-corrected chi connectivity index (χ3v) is 5.70. The summed E-state index contributed by atoms with van der Waals surface area (Å²) in [5, 5.41) is 6.76. The van der Waals surface area contributed by atoms with Crippen LogP contribution in [0.4, 0.5) is 5.69 Å². The molecule has 0 saturated carbocycles. The number of anilines is 1. The highest BCUT2D eigenvalue weighted by atomic mass is 32.2. The second-order valence-electron chi connectivity index (χ2n) is 5.15. The highest BCUT2D eigenvalue weighted by Crippen LogP contribution is 2.40. The summed E-state index contributed by atoms with van der Waals surface area (Å²) in [7, 11) is -0.136. The van der Waals surface area contributed by atoms with E-state index in [4.69, 9.17) is 4.42 Å². The maximum absolute atomic E-state index is 12.2. The van der Waals surface area contributed by atoms with Gasteiger partial charge >= 0.3 is 0 Å². The molecule has 0 bridgehead atoms. The number of furan rings is 1. The Morgan fingerprint density at radius 3 is 2.82 bits per heavy atom. The Hall–Kier alpha value is -2.46. The largest absolute Gasteiger partial charge is 0.461 e. The number of carbonyl (C=O) groups is 1. The van der Waals surface area contributed by atoms with Gasteiger partial charge in [0.15, 0.2) is 10.7 Å². The highest BCUT2D eigenvalue weighted by molar-refractivity contribution is 8.00. The molecule has 1 N–H and O–H groups in total. The van der Waals surface area contributed by atoms with Crippen LogP contribution < -0.4 is 5.32 Å². The molecule has 0 saturated heterocycles. The smallest absolute Gasteiger partial charge is 0.235 e. The fraction of sp³-hybridized carbons (Fsp3) is 0.0556. The van der Waals surface area contributed by atoms with Gasteiger partial charge in [-0.15, -0.1) is 0 Å². The van der Waals surface area contributed by atoms with Crippen molar-refractivity contribution in [2.45, 2.75) is 4.90 Å². The van der Waals surface area contributed by atoms with Crippen LogP contribution in [-0.2, 0) is 10.9 Å². The van der Waals surface area contributed by atoms with Crippen LogP contribution in [0.1, 0.15) is 10.6 Å². The lowest BCUT2D eigenvalue weighted by molar-refractivity contribution is 0.102. The Kier molecular flexibility index (Phi) is 3.05. The summed E-state index contributed by atoms with van der Waals surface area (Å²) in [6, 6.07) is 16.0. The molecule has 22 heavy (non-hydrogen) atoms. The van der Waals surface area contributed by atoms with Gasteiger partial charge in [-0.3, -0.25) is 4.79 Å². The molecular weight excluding hydrogens is 294 g/mol. The van der Waals surface area contributed by atoms with Gasteiger partial charge in [0, 0.05) is 5.39 Å². The van der Waals surface area contributed by atoms with Gasteiger partial charge in [0.05, 0.1) is 23.2 Å². The van der Waals surface area contributed by atoms with E-state index in [-0.39, 0.29) is 16.7 Å². The summed E-state index contributed by atoms with van der Waals surface area (Å²) >= 11 is 0. The lowest BCUT2D eigenvalue weighted by Crippen LogP contribution is -2.05. The van der Waals surface area contributed by atoms with Crippen LogP contribution in [-0.4, -0.2) is 12.0 Å². The number of rotatable bonds is 2. The molecule has 4 heteroatoms. The van der Waals surface area contributed by atoms with Gasteiger partial charge in [-0.2, -0.15) is 0 Å². The van der Waals surface area contributed by atoms with Gasteiger partial charge in [-0.1, -0.05) is 24.3 Å². The molecule has 0 radical (unpaired) electrons. The Balaban J connectivity index is 1.77. The maximum atomic E-state index is 12.2. The molecule has 1 aromatic heterocycles. The first-order valence-electron chi connectivity index (χ1n) is 6.98. The second kappa shape index (κ2) is 5.07. The molecule has 1 aliphatic heterocycles. The fourth-order valence-corrected chi connectivity index (χ4v) is 4.20. The monoisotopic (exact) mass is 308 g/mol. The molecule has 1 aliphatic rings. The van der Waals surface area contributed by atoms with E-state index in [0.29, 0.717) is 5.76 Å². The molecule has 1 unspecified atom stereocenters. The molecule has 0 amide bonds. The van der Waals surface area contributed by atoms with Gasteiger partial charge in [-0.05, 0) is 29.7 Å². The minimum atomic E-state index is -0.136. The average molecular weight is 308 g/mol. The fourth-order valence-electron chi connectivity index (χ4n) is 2.69. The number of nitrogens with one attached hydrogen (secondary N) is 1. The van der Waals surface area contributed by atoms with E-state index >= 15 is 0 Å². The van der Waals surface area contributed by atoms with E-state index in [9.17, 15) is 4.79 Å². The predicted octanol–water partition coefficient (Wildman–Crippen LogP) is 4.19. The van der Waals surface area contributed by atoms with Crippen molar-refractivity contribution in [2.24, 2.45) is 0 Å². The van der Waals surface area contributed by atoms with E-state index in [1.54, 1.807) is 18.2 Å². The number of fused-ring (bicyclic) bond motifs is 3. The Bertz CT molecular complexity index is 897. The second-order valence-corrected chi connectivity index (χ2v) is 7.05. The molecule has 3 aromatic rings. The summed E-state index contributed by atoms with van der Waals surface area (Å²) in [6.45, 7) is 0. The van der Waals surface area contributed by atoms with Crippen LogP contribution in [0.15, 0.2) is 75.2 Å². The van der Waals surface area contributed by atoms with Crippen molar-refractivity contribution in [3.8, 4) is 0 Å². The van der Waals surface area contributed by atoms with Gasteiger partial charge < -0.3 is 9.73 Å². The summed E-state index contributed by atoms with van der Waals surface area (Å²) in [5.74, 6) is 0.260. The number of benzene rings is 2. The van der Waals surface area contributed by atoms with E-state index < -0.39 is 0 Å². The van der Waals surface area contributed by atoms with Gasteiger partial charge in [0.1, 0.15) is 11.9 Å². The summed E-state index contributed by atoms with van der Waals surface area (Å²) in [6.07, 6.45) is 5.30. The molecule has 3 nitrogen and oxygen atoms in total. The Morgan fingerprint density at radius 1 is 1.14 bits per heavy atom. The lowest BCUT2D eigenvalue weighted by Gasteiger charge is -2.00. The maximum Gasteiger partial charge on any atom is 0.235 e. The molecule has 2 aromatic carbocycles. The van der Waals surface area contributed by atoms with Gasteiger partial charge in [-0.25, -0.2) is 0 Å². The summed E-state index contributed by atoms with van der Waals surface area (Å²) < 4.78 is 5.17. The third kappa shape index (κ3) is 2.04. The number of hydrogen-bond acceptors (Lipinski definition) is 3. The number of allylic oxidation sites excluding steroid dienone is 1. The molecular formula is C18H14NO2S+. The van der Waals surface area contributed by atoms with Crippen LogP contribution in [0.2, 0.25) is 0 Å². The van der Waals surface area contributed by atoms with Crippen LogP contribution in [0.5, 0.6) is 0 Å². The molecule has 0 fully saturated rings. The third-order valence-electron chi connectivity index (χ3n) is 3.82. The van der Waals surface area contributed by atoms with E-state index in [0.717, 1.165) is 10.7 Å². The van der Waals surface area contributed by atoms with Crippen molar-refractivity contribution >= 4 is 33.1 Å². The van der Waals surface area contributed by atoms with E-state index in [1.165, 1.54) is 21.9 Å². The zero-order valence-corrected chi connectivity index (χ0v) is 12.8. The topological polar surface area (TPSA) is 42.2 Å². The lowest BCUT2D eigenvalue weighted by atomic mass is 10.1. The van der Waals surface area contributed by atoms with Crippen molar-refractivity contribution in [1.29, 1.82) is 0 Å². The average Bonchev–Trinajstić information content (AvgIpc) is 3.17. The van der Waals surface area contributed by atoms with Crippen molar-refractivity contribution in [1.82, 2.24) is 0 Å². The number of hydrogen-bond donors (Lipinski definition) is 1. The number of ketones is 1. The van der Waals surface area contributed by atoms with Crippen LogP contribution in [0.3, 0.4) is 0 Å². The van der Waals surface area contributed by atoms with E-state index in [1.807, 2.05) is 12.1 Å². The minimum Gasteiger partial charge on any atom is -0.461 e. The van der Waals surface area contributed by atoms with Crippen molar-refractivity contribution in [2.75, 3.05) is 11.6 Å². The van der Waals surface area contributed by atoms with Gasteiger partial charge in [0.2, 0.25) is 10.8 Å². The zero-order valence-electron chi connectivity index (χ0n) is 12.0. The van der Waals surface area contributed by atoms with Crippen molar-refractivity contribution in [3.05, 3.63) is 71.7 Å². The quantitative estimate of drug-likeness (QED) is 0.438. The molecule has 4 rings (SSSR count). The first-order valence-corrected chi connectivity index (χ1v) is 8.61. The first kappa shape index (κ1) is 13.2. The summed E-state index contributed by atoms with van der Waals surface area (Å²) in [5.41, 5.74) is 1.11. The highest BCUT2D eigenvalue weighted by Gasteiger charge is 2.35. The molecule has 0 aliphatic carbocycles.